The molecule has 2 nitrogen and oxygen atoms in total. The van der Waals surface area contributed by atoms with E-state index in [2.05, 4.69) is 29.4 Å². The van der Waals surface area contributed by atoms with Crippen LogP contribution < -0.4 is 5.32 Å². The number of rotatable bonds is 0. The van der Waals surface area contributed by atoms with Gasteiger partial charge in [0.1, 0.15) is 0 Å². The maximum atomic E-state index is 6.19. The average molecular weight is 223 g/mol. The van der Waals surface area contributed by atoms with Crippen LogP contribution in [0.4, 0.5) is 5.69 Å². The van der Waals surface area contributed by atoms with Gasteiger partial charge in [-0.2, -0.15) is 0 Å². The van der Waals surface area contributed by atoms with E-state index in [4.69, 9.17) is 11.6 Å². The number of hydrogen-bond donors (Lipinski definition) is 1. The molecule has 1 saturated heterocycles. The summed E-state index contributed by atoms with van der Waals surface area (Å²) in [6.07, 6.45) is 1.24. The van der Waals surface area contributed by atoms with Gasteiger partial charge in [0.2, 0.25) is 0 Å². The molecule has 0 aliphatic carbocycles. The predicted octanol–water partition coefficient (Wildman–Crippen LogP) is 2.34. The highest BCUT2D eigenvalue weighted by molar-refractivity contribution is 6.33. The van der Waals surface area contributed by atoms with Gasteiger partial charge in [-0.25, -0.2) is 0 Å². The SMILES string of the molecule is CN1CCC2(CNc3c(Cl)cccc32)C1. The molecule has 0 radical (unpaired) electrons. The topological polar surface area (TPSA) is 15.3 Å². The second-order valence-corrected chi connectivity index (χ2v) is 5.19. The minimum Gasteiger partial charge on any atom is -0.383 e. The Kier molecular flexibility index (Phi) is 1.98. The van der Waals surface area contributed by atoms with Gasteiger partial charge < -0.3 is 10.2 Å². The molecular formula is C12H15ClN2. The number of likely N-dealkylation sites (tertiary alicyclic amines) is 1. The molecule has 0 saturated carbocycles. The molecule has 3 rings (SSSR count). The Hall–Kier alpha value is -0.730. The predicted molar refractivity (Wildman–Crippen MR) is 63.7 cm³/mol. The van der Waals surface area contributed by atoms with E-state index in [9.17, 15) is 0 Å². The first kappa shape index (κ1) is 9.49. The number of likely N-dealkylation sites (N-methyl/N-ethyl adjacent to an activating group) is 1. The summed E-state index contributed by atoms with van der Waals surface area (Å²) in [5.74, 6) is 0. The summed E-state index contributed by atoms with van der Waals surface area (Å²) >= 11 is 6.19. The van der Waals surface area contributed by atoms with Gasteiger partial charge in [-0.1, -0.05) is 23.7 Å². The van der Waals surface area contributed by atoms with Gasteiger partial charge >= 0.3 is 0 Å². The number of fused-ring (bicyclic) bond motifs is 2. The molecule has 1 unspecified atom stereocenters. The van der Waals surface area contributed by atoms with Crippen LogP contribution in [0, 0.1) is 0 Å². The normalized spacial score (nSPS) is 29.5. The summed E-state index contributed by atoms with van der Waals surface area (Å²) in [6, 6.07) is 6.25. The van der Waals surface area contributed by atoms with Gasteiger partial charge in [-0.3, -0.25) is 0 Å². The number of halogens is 1. The van der Waals surface area contributed by atoms with Crippen LogP contribution in [0.3, 0.4) is 0 Å². The molecule has 15 heavy (non-hydrogen) atoms. The van der Waals surface area contributed by atoms with Gasteiger partial charge in [-0.05, 0) is 31.6 Å². The number of nitrogens with one attached hydrogen (secondary N) is 1. The molecular weight excluding hydrogens is 208 g/mol. The summed E-state index contributed by atoms with van der Waals surface area (Å²) < 4.78 is 0. The largest absolute Gasteiger partial charge is 0.383 e. The minimum absolute atomic E-state index is 0.314. The van der Waals surface area contributed by atoms with Gasteiger partial charge in [0, 0.05) is 18.5 Å². The average Bonchev–Trinajstić information content (AvgIpc) is 2.75. The first-order valence-corrected chi connectivity index (χ1v) is 5.80. The Bertz CT molecular complexity index is 405. The maximum Gasteiger partial charge on any atom is 0.0640 e. The fourth-order valence-electron chi connectivity index (χ4n) is 2.94. The Morgan fingerprint density at radius 2 is 2.33 bits per heavy atom. The van der Waals surface area contributed by atoms with E-state index in [0.717, 1.165) is 23.8 Å². The number of para-hydroxylation sites is 1. The zero-order valence-corrected chi connectivity index (χ0v) is 9.64. The smallest absolute Gasteiger partial charge is 0.0640 e. The van der Waals surface area contributed by atoms with E-state index in [0.29, 0.717) is 5.41 Å². The van der Waals surface area contributed by atoms with Crippen LogP contribution in [0.2, 0.25) is 5.02 Å². The van der Waals surface area contributed by atoms with Crippen LogP contribution in [0.25, 0.3) is 0 Å². The van der Waals surface area contributed by atoms with Crippen molar-refractivity contribution in [1.29, 1.82) is 0 Å². The van der Waals surface area contributed by atoms with E-state index in [1.54, 1.807) is 0 Å². The van der Waals surface area contributed by atoms with Gasteiger partial charge in [0.25, 0.3) is 0 Å². The quantitative estimate of drug-likeness (QED) is 0.725. The zero-order valence-electron chi connectivity index (χ0n) is 8.89. The molecule has 1 atom stereocenters. The number of benzene rings is 1. The Morgan fingerprint density at radius 3 is 3.07 bits per heavy atom. The van der Waals surface area contributed by atoms with Crippen molar-refractivity contribution < 1.29 is 0 Å². The van der Waals surface area contributed by atoms with E-state index < -0.39 is 0 Å². The standard InChI is InChI=1S/C12H15ClN2/c1-15-6-5-12(8-15)7-14-11-9(12)3-2-4-10(11)13/h2-4,14H,5-8H2,1H3. The van der Waals surface area contributed by atoms with E-state index in [1.165, 1.54) is 18.5 Å². The van der Waals surface area contributed by atoms with Crippen molar-refractivity contribution in [2.75, 3.05) is 32.0 Å². The van der Waals surface area contributed by atoms with Gasteiger partial charge in [0.05, 0.1) is 10.7 Å². The van der Waals surface area contributed by atoms with Crippen molar-refractivity contribution in [3.63, 3.8) is 0 Å². The molecule has 1 spiro atoms. The third kappa shape index (κ3) is 1.28. The van der Waals surface area contributed by atoms with Crippen molar-refractivity contribution in [2.45, 2.75) is 11.8 Å². The number of anilines is 1. The second-order valence-electron chi connectivity index (χ2n) is 4.78. The maximum absolute atomic E-state index is 6.19. The van der Waals surface area contributed by atoms with Crippen molar-refractivity contribution in [3.8, 4) is 0 Å². The molecule has 1 fully saturated rings. The van der Waals surface area contributed by atoms with Crippen LogP contribution in [-0.4, -0.2) is 31.6 Å². The molecule has 2 aliphatic rings. The molecule has 2 heterocycles. The first-order valence-electron chi connectivity index (χ1n) is 5.43. The summed E-state index contributed by atoms with van der Waals surface area (Å²) in [7, 11) is 2.19. The Labute approximate surface area is 95.2 Å². The molecule has 0 amide bonds. The molecule has 1 aromatic rings. The van der Waals surface area contributed by atoms with Crippen molar-refractivity contribution in [3.05, 3.63) is 28.8 Å². The third-order valence-electron chi connectivity index (χ3n) is 3.73. The third-order valence-corrected chi connectivity index (χ3v) is 4.05. The lowest BCUT2D eigenvalue weighted by Gasteiger charge is -2.23. The molecule has 2 aliphatic heterocycles. The molecule has 0 aromatic heterocycles. The van der Waals surface area contributed by atoms with Crippen LogP contribution in [-0.2, 0) is 5.41 Å². The zero-order chi connectivity index (χ0) is 10.5. The first-order chi connectivity index (χ1) is 7.21. The number of nitrogens with zero attached hydrogens (tertiary/aromatic N) is 1. The van der Waals surface area contributed by atoms with Crippen LogP contribution >= 0.6 is 11.6 Å². The van der Waals surface area contributed by atoms with E-state index >= 15 is 0 Å². The second kappa shape index (κ2) is 3.13. The summed E-state index contributed by atoms with van der Waals surface area (Å²) in [5, 5.41) is 4.32. The van der Waals surface area contributed by atoms with Crippen LogP contribution in [0.5, 0.6) is 0 Å². The summed E-state index contributed by atoms with van der Waals surface area (Å²) in [6.45, 7) is 3.37. The van der Waals surface area contributed by atoms with Gasteiger partial charge in [0.15, 0.2) is 0 Å². The lowest BCUT2D eigenvalue weighted by Crippen LogP contribution is -2.31. The van der Waals surface area contributed by atoms with Crippen LogP contribution in [0.1, 0.15) is 12.0 Å². The molecule has 80 valence electrons. The van der Waals surface area contributed by atoms with Gasteiger partial charge in [-0.15, -0.1) is 0 Å². The van der Waals surface area contributed by atoms with E-state index in [-0.39, 0.29) is 0 Å². The van der Waals surface area contributed by atoms with Crippen LogP contribution in [0.15, 0.2) is 18.2 Å². The Morgan fingerprint density at radius 1 is 1.47 bits per heavy atom. The molecule has 1 aromatic carbocycles. The summed E-state index contributed by atoms with van der Waals surface area (Å²) in [4.78, 5) is 2.40. The van der Waals surface area contributed by atoms with Crippen molar-refractivity contribution in [2.24, 2.45) is 0 Å². The Balaban J connectivity index is 2.08. The van der Waals surface area contributed by atoms with Crippen molar-refractivity contribution >= 4 is 17.3 Å². The highest BCUT2D eigenvalue weighted by atomic mass is 35.5. The monoisotopic (exact) mass is 222 g/mol. The minimum atomic E-state index is 0.314. The highest BCUT2D eigenvalue weighted by Gasteiger charge is 2.43. The molecule has 1 N–H and O–H groups in total. The van der Waals surface area contributed by atoms with Crippen molar-refractivity contribution in [1.82, 2.24) is 4.90 Å². The molecule has 0 bridgehead atoms. The van der Waals surface area contributed by atoms with E-state index in [1.807, 2.05) is 6.07 Å². The lowest BCUT2D eigenvalue weighted by molar-refractivity contribution is 0.381. The number of hydrogen-bond acceptors (Lipinski definition) is 2. The fraction of sp³-hybridized carbons (Fsp3) is 0.500. The fourth-order valence-corrected chi connectivity index (χ4v) is 3.18. The molecule has 3 heteroatoms. The highest BCUT2D eigenvalue weighted by Crippen LogP contribution is 2.45. The summed E-state index contributed by atoms with van der Waals surface area (Å²) in [5.41, 5.74) is 2.89. The lowest BCUT2D eigenvalue weighted by atomic mass is 9.82.